The number of unbranched alkanes of at least 4 members (excludes halogenated alkanes) is 9. The van der Waals surface area contributed by atoms with Gasteiger partial charge in [0, 0.05) is 25.9 Å². The zero-order chi connectivity index (χ0) is 14.6. The third-order valence-electron chi connectivity index (χ3n) is 3.86. The number of primary amides is 1. The van der Waals surface area contributed by atoms with Crippen molar-refractivity contribution < 1.29 is 9.59 Å². The van der Waals surface area contributed by atoms with Gasteiger partial charge in [-0.2, -0.15) is 0 Å². The second-order valence-corrected chi connectivity index (χ2v) is 5.88. The molecule has 4 heteroatoms. The molecule has 116 valence electrons. The van der Waals surface area contributed by atoms with E-state index in [1.807, 2.05) is 4.90 Å². The molecule has 0 spiro atoms. The molecule has 0 aromatic heterocycles. The molecule has 20 heavy (non-hydrogen) atoms. The van der Waals surface area contributed by atoms with Crippen LogP contribution in [0, 0.1) is 0 Å². The Hall–Kier alpha value is -1.06. The van der Waals surface area contributed by atoms with Gasteiger partial charge < -0.3 is 10.6 Å². The molecule has 0 radical (unpaired) electrons. The number of rotatable bonds is 13. The summed E-state index contributed by atoms with van der Waals surface area (Å²) in [7, 11) is 0. The molecular formula is C16H30N2O2. The highest BCUT2D eigenvalue weighted by Gasteiger charge is 2.22. The van der Waals surface area contributed by atoms with Gasteiger partial charge in [-0.3, -0.25) is 9.59 Å². The van der Waals surface area contributed by atoms with Gasteiger partial charge in [0.1, 0.15) is 0 Å². The van der Waals surface area contributed by atoms with Crippen LogP contribution in [-0.4, -0.2) is 29.8 Å². The monoisotopic (exact) mass is 282 g/mol. The largest absolute Gasteiger partial charge is 0.370 e. The Kier molecular flexibility index (Phi) is 9.09. The van der Waals surface area contributed by atoms with E-state index >= 15 is 0 Å². The fourth-order valence-electron chi connectivity index (χ4n) is 2.45. The number of carbonyl (C=O) groups excluding carboxylic acids is 2. The average molecular weight is 282 g/mol. The Labute approximate surface area is 123 Å². The number of amides is 2. The van der Waals surface area contributed by atoms with E-state index in [1.54, 1.807) is 0 Å². The van der Waals surface area contributed by atoms with Gasteiger partial charge in [-0.15, -0.1) is 0 Å². The van der Waals surface area contributed by atoms with Gasteiger partial charge in [-0.05, 0) is 12.8 Å². The number of carbonyl (C=O) groups is 2. The lowest BCUT2D eigenvalue weighted by Gasteiger charge is -2.03. The van der Waals surface area contributed by atoms with Crippen molar-refractivity contribution in [1.82, 2.24) is 4.90 Å². The van der Waals surface area contributed by atoms with E-state index in [4.69, 9.17) is 5.73 Å². The molecule has 0 aliphatic carbocycles. The maximum absolute atomic E-state index is 11.4. The molecule has 1 fully saturated rings. The molecule has 2 N–H and O–H groups in total. The molecule has 0 aromatic carbocycles. The molecule has 1 aliphatic rings. The van der Waals surface area contributed by atoms with Gasteiger partial charge in [0.25, 0.3) is 0 Å². The summed E-state index contributed by atoms with van der Waals surface area (Å²) >= 11 is 0. The van der Waals surface area contributed by atoms with Crippen LogP contribution in [0.1, 0.15) is 77.0 Å². The van der Waals surface area contributed by atoms with Gasteiger partial charge in [0.05, 0.1) is 0 Å². The highest BCUT2D eigenvalue weighted by Crippen LogP contribution is 2.13. The third kappa shape index (κ3) is 9.82. The van der Waals surface area contributed by atoms with E-state index in [0.29, 0.717) is 12.3 Å². The quantitative estimate of drug-likeness (QED) is 0.417. The molecule has 1 rings (SSSR count). The van der Waals surface area contributed by atoms with Crippen molar-refractivity contribution in [1.29, 1.82) is 0 Å². The predicted octanol–water partition coefficient (Wildman–Crippen LogP) is 3.00. The second kappa shape index (κ2) is 10.7. The molecule has 0 bridgehead atoms. The predicted molar refractivity (Wildman–Crippen MR) is 81.2 cm³/mol. The van der Waals surface area contributed by atoms with Crippen molar-refractivity contribution in [2.75, 3.05) is 13.1 Å². The molecule has 2 amide bonds. The third-order valence-corrected chi connectivity index (χ3v) is 3.86. The van der Waals surface area contributed by atoms with E-state index in [2.05, 4.69) is 0 Å². The van der Waals surface area contributed by atoms with Crippen LogP contribution in [0.4, 0.5) is 0 Å². The van der Waals surface area contributed by atoms with Gasteiger partial charge in [0.15, 0.2) is 0 Å². The fourth-order valence-corrected chi connectivity index (χ4v) is 2.45. The van der Waals surface area contributed by atoms with Gasteiger partial charge >= 0.3 is 0 Å². The molecule has 1 aliphatic heterocycles. The van der Waals surface area contributed by atoms with E-state index in [0.717, 1.165) is 38.8 Å². The number of nitrogens with zero attached hydrogens (tertiary/aromatic N) is 1. The maximum atomic E-state index is 11.4. The van der Waals surface area contributed by atoms with Crippen molar-refractivity contribution in [3.8, 4) is 0 Å². The van der Waals surface area contributed by atoms with Crippen LogP contribution in [0.2, 0.25) is 0 Å². The number of hydrogen-bond donors (Lipinski definition) is 1. The number of hydrogen-bond acceptors (Lipinski definition) is 2. The van der Waals surface area contributed by atoms with Crippen molar-refractivity contribution in [3.05, 3.63) is 0 Å². The first kappa shape index (κ1) is 17.0. The molecule has 0 aromatic rings. The minimum absolute atomic E-state index is 0.179. The van der Waals surface area contributed by atoms with Crippen molar-refractivity contribution in [2.45, 2.75) is 77.0 Å². The first-order valence-corrected chi connectivity index (χ1v) is 8.26. The minimum Gasteiger partial charge on any atom is -0.370 e. The Bertz CT molecular complexity index is 288. The highest BCUT2D eigenvalue weighted by molar-refractivity contribution is 5.78. The lowest BCUT2D eigenvalue weighted by atomic mass is 10.0. The summed E-state index contributed by atoms with van der Waals surface area (Å²) in [6.45, 7) is 1.97. The molecule has 0 atom stereocenters. The van der Waals surface area contributed by atoms with Crippen LogP contribution < -0.4 is 5.73 Å². The van der Waals surface area contributed by atoms with Gasteiger partial charge in [-0.25, -0.2) is 0 Å². The summed E-state index contributed by atoms with van der Waals surface area (Å²) < 4.78 is 0. The summed E-state index contributed by atoms with van der Waals surface area (Å²) in [4.78, 5) is 23.9. The summed E-state index contributed by atoms with van der Waals surface area (Å²) in [5.74, 6) is 0.169. The zero-order valence-corrected chi connectivity index (χ0v) is 12.7. The Balaban J connectivity index is 1.70. The van der Waals surface area contributed by atoms with Crippen molar-refractivity contribution in [3.63, 3.8) is 0 Å². The first-order chi connectivity index (χ1) is 9.70. The number of nitrogens with two attached hydrogens (primary N) is 1. The lowest BCUT2D eigenvalue weighted by molar-refractivity contribution is -0.125. The summed E-state index contributed by atoms with van der Waals surface area (Å²) in [6, 6.07) is 0. The van der Waals surface area contributed by atoms with Crippen LogP contribution in [-0.2, 0) is 9.59 Å². The molecule has 4 nitrogen and oxygen atoms in total. The summed E-state index contributed by atoms with van der Waals surface area (Å²) in [6.07, 6.45) is 13.2. The summed E-state index contributed by atoms with van der Waals surface area (Å²) in [5, 5.41) is 0. The van der Waals surface area contributed by atoms with Gasteiger partial charge in [-0.1, -0.05) is 51.4 Å². The van der Waals surface area contributed by atoms with Crippen LogP contribution in [0.25, 0.3) is 0 Å². The second-order valence-electron chi connectivity index (χ2n) is 5.88. The SMILES string of the molecule is NC(=O)CCCCCCCCCCCCC(=O)N1CC1. The van der Waals surface area contributed by atoms with Crippen molar-refractivity contribution >= 4 is 11.8 Å². The van der Waals surface area contributed by atoms with Gasteiger partial charge in [0.2, 0.25) is 11.8 Å². The molecule has 0 saturated carbocycles. The Morgan fingerprint density at radius 2 is 1.10 bits per heavy atom. The van der Waals surface area contributed by atoms with Crippen LogP contribution in [0.3, 0.4) is 0 Å². The van der Waals surface area contributed by atoms with E-state index in [1.165, 1.54) is 44.9 Å². The zero-order valence-electron chi connectivity index (χ0n) is 12.7. The van der Waals surface area contributed by atoms with E-state index in [9.17, 15) is 9.59 Å². The van der Waals surface area contributed by atoms with Crippen LogP contribution >= 0.6 is 0 Å². The van der Waals surface area contributed by atoms with E-state index < -0.39 is 0 Å². The van der Waals surface area contributed by atoms with E-state index in [-0.39, 0.29) is 5.91 Å². The molecular weight excluding hydrogens is 252 g/mol. The lowest BCUT2D eigenvalue weighted by Crippen LogP contribution is -2.09. The Morgan fingerprint density at radius 3 is 1.50 bits per heavy atom. The smallest absolute Gasteiger partial charge is 0.222 e. The topological polar surface area (TPSA) is 63.2 Å². The standard InChI is InChI=1S/C16H30N2O2/c17-15(19)11-9-7-5-3-1-2-4-6-8-10-12-16(20)18-13-14-18/h1-14H2,(H2,17,19). The maximum Gasteiger partial charge on any atom is 0.222 e. The minimum atomic E-state index is -0.179. The summed E-state index contributed by atoms with van der Waals surface area (Å²) in [5.41, 5.74) is 5.09. The average Bonchev–Trinajstić information content (AvgIpc) is 3.23. The van der Waals surface area contributed by atoms with Crippen LogP contribution in [0.15, 0.2) is 0 Å². The normalized spacial score (nSPS) is 13.5. The molecule has 1 saturated heterocycles. The highest BCUT2D eigenvalue weighted by atomic mass is 16.2. The fraction of sp³-hybridized carbons (Fsp3) is 0.875. The molecule has 0 unspecified atom stereocenters. The first-order valence-electron chi connectivity index (χ1n) is 8.26. The van der Waals surface area contributed by atoms with Crippen LogP contribution in [0.5, 0.6) is 0 Å². The molecule has 1 heterocycles. The Morgan fingerprint density at radius 1 is 0.700 bits per heavy atom. The van der Waals surface area contributed by atoms with Crippen molar-refractivity contribution in [2.24, 2.45) is 5.73 Å².